The molecule has 104 valence electrons. The lowest BCUT2D eigenvalue weighted by atomic mass is 10.4. The van der Waals surface area contributed by atoms with Crippen LogP contribution >= 0.6 is 0 Å². The zero-order valence-corrected chi connectivity index (χ0v) is 11.4. The molecule has 1 aromatic rings. The van der Waals surface area contributed by atoms with Gasteiger partial charge in [0.15, 0.2) is 0 Å². The van der Waals surface area contributed by atoms with Crippen LogP contribution in [0.3, 0.4) is 0 Å². The molecule has 0 aliphatic rings. The highest BCUT2D eigenvalue weighted by atomic mass is 16.5. The lowest BCUT2D eigenvalue weighted by molar-refractivity contribution is 0.131. The molecule has 0 aliphatic carbocycles. The first kappa shape index (κ1) is 14.9. The molecule has 1 aromatic heterocycles. The van der Waals surface area contributed by atoms with Crippen LogP contribution in [0.4, 0.5) is 6.01 Å². The van der Waals surface area contributed by atoms with E-state index in [0.717, 1.165) is 39.1 Å². The molecule has 0 atom stereocenters. The van der Waals surface area contributed by atoms with Crippen LogP contribution < -0.4 is 10.6 Å². The number of rotatable bonds is 11. The number of nitrogens with zero attached hydrogens (tertiary/aromatic N) is 2. The highest BCUT2D eigenvalue weighted by molar-refractivity contribution is 5.16. The summed E-state index contributed by atoms with van der Waals surface area (Å²) < 4.78 is 10.8. The average Bonchev–Trinajstić information content (AvgIpc) is 2.83. The molecule has 0 amide bonds. The van der Waals surface area contributed by atoms with E-state index in [9.17, 15) is 0 Å². The van der Waals surface area contributed by atoms with Gasteiger partial charge >= 0.3 is 6.01 Å². The highest BCUT2D eigenvalue weighted by Gasteiger charge is 2.03. The van der Waals surface area contributed by atoms with Crippen LogP contribution in [0.25, 0.3) is 0 Å². The molecule has 18 heavy (non-hydrogen) atoms. The minimum atomic E-state index is 0.483. The van der Waals surface area contributed by atoms with Gasteiger partial charge in [-0.2, -0.15) is 0 Å². The molecule has 0 bridgehead atoms. The maximum Gasteiger partial charge on any atom is 0.315 e. The maximum atomic E-state index is 5.45. The van der Waals surface area contributed by atoms with Gasteiger partial charge in [-0.15, -0.1) is 5.10 Å². The molecule has 0 unspecified atom stereocenters. The van der Waals surface area contributed by atoms with E-state index in [-0.39, 0.29) is 0 Å². The summed E-state index contributed by atoms with van der Waals surface area (Å²) in [6, 6.07) is 0.483. The molecule has 0 saturated carbocycles. The predicted octanol–water partition coefficient (Wildman–Crippen LogP) is 1.80. The van der Waals surface area contributed by atoms with Crippen LogP contribution in [-0.4, -0.2) is 36.5 Å². The first-order chi connectivity index (χ1) is 8.86. The Morgan fingerprint density at radius 1 is 1.17 bits per heavy atom. The second kappa shape index (κ2) is 9.85. The number of ether oxygens (including phenoxy) is 1. The van der Waals surface area contributed by atoms with Crippen molar-refractivity contribution in [1.29, 1.82) is 0 Å². The van der Waals surface area contributed by atoms with Crippen LogP contribution in [0.1, 0.15) is 39.0 Å². The monoisotopic (exact) mass is 256 g/mol. The first-order valence-corrected chi connectivity index (χ1v) is 6.71. The van der Waals surface area contributed by atoms with E-state index in [1.165, 1.54) is 6.42 Å². The third-order valence-electron chi connectivity index (χ3n) is 2.38. The number of unbranched alkanes of at least 4 members (excludes halogenated alkanes) is 1. The molecule has 6 heteroatoms. The second-order valence-electron chi connectivity index (χ2n) is 4.03. The van der Waals surface area contributed by atoms with Gasteiger partial charge in [0, 0.05) is 19.8 Å². The quantitative estimate of drug-likeness (QED) is 0.588. The van der Waals surface area contributed by atoms with Crippen LogP contribution in [-0.2, 0) is 11.3 Å². The molecule has 0 aliphatic heterocycles. The van der Waals surface area contributed by atoms with E-state index < -0.39 is 0 Å². The average molecular weight is 256 g/mol. The van der Waals surface area contributed by atoms with Crippen molar-refractivity contribution >= 4 is 6.01 Å². The minimum absolute atomic E-state index is 0.483. The summed E-state index contributed by atoms with van der Waals surface area (Å²) in [5.41, 5.74) is 0. The molecule has 0 fully saturated rings. The summed E-state index contributed by atoms with van der Waals surface area (Å²) >= 11 is 0. The normalized spacial score (nSPS) is 10.8. The Morgan fingerprint density at radius 2 is 2.00 bits per heavy atom. The molecule has 6 nitrogen and oxygen atoms in total. The molecular formula is C12H24N4O2. The minimum Gasteiger partial charge on any atom is -0.407 e. The zero-order valence-electron chi connectivity index (χ0n) is 11.4. The van der Waals surface area contributed by atoms with Crippen molar-refractivity contribution in [3.8, 4) is 0 Å². The van der Waals surface area contributed by atoms with Crippen molar-refractivity contribution in [2.45, 2.75) is 39.7 Å². The van der Waals surface area contributed by atoms with Crippen molar-refractivity contribution in [3.05, 3.63) is 5.89 Å². The smallest absolute Gasteiger partial charge is 0.315 e. The first-order valence-electron chi connectivity index (χ1n) is 6.71. The summed E-state index contributed by atoms with van der Waals surface area (Å²) in [5.74, 6) is 0.610. The number of hydrogen-bond acceptors (Lipinski definition) is 6. The molecule has 0 aromatic carbocycles. The highest BCUT2D eigenvalue weighted by Crippen LogP contribution is 2.04. The fourth-order valence-corrected chi connectivity index (χ4v) is 1.35. The van der Waals surface area contributed by atoms with Gasteiger partial charge < -0.3 is 19.8 Å². The lowest BCUT2D eigenvalue weighted by Gasteiger charge is -2.03. The Labute approximate surface area is 108 Å². The van der Waals surface area contributed by atoms with Gasteiger partial charge in [0.1, 0.15) is 0 Å². The molecule has 0 radical (unpaired) electrons. The van der Waals surface area contributed by atoms with E-state index in [0.29, 0.717) is 18.5 Å². The third-order valence-corrected chi connectivity index (χ3v) is 2.38. The van der Waals surface area contributed by atoms with Crippen molar-refractivity contribution < 1.29 is 9.15 Å². The lowest BCUT2D eigenvalue weighted by Crippen LogP contribution is -2.11. The van der Waals surface area contributed by atoms with Gasteiger partial charge in [0.25, 0.3) is 0 Å². The Balaban J connectivity index is 2.03. The molecule has 1 rings (SSSR count). The molecule has 0 spiro atoms. The van der Waals surface area contributed by atoms with E-state index >= 15 is 0 Å². The maximum absolute atomic E-state index is 5.45. The predicted molar refractivity (Wildman–Crippen MR) is 70.5 cm³/mol. The zero-order chi connectivity index (χ0) is 13.1. The summed E-state index contributed by atoms with van der Waals surface area (Å²) in [4.78, 5) is 0. The van der Waals surface area contributed by atoms with Crippen LogP contribution in [0.5, 0.6) is 0 Å². The number of nitrogens with one attached hydrogen (secondary N) is 2. The van der Waals surface area contributed by atoms with Gasteiger partial charge in [0.2, 0.25) is 5.89 Å². The topological polar surface area (TPSA) is 72.2 Å². The van der Waals surface area contributed by atoms with Gasteiger partial charge in [0.05, 0.1) is 6.54 Å². The molecular weight excluding hydrogens is 232 g/mol. The number of anilines is 1. The van der Waals surface area contributed by atoms with Crippen molar-refractivity contribution in [3.63, 3.8) is 0 Å². The largest absolute Gasteiger partial charge is 0.407 e. The third kappa shape index (κ3) is 6.56. The number of aromatic nitrogens is 2. The van der Waals surface area contributed by atoms with Gasteiger partial charge in [-0.05, 0) is 19.4 Å². The van der Waals surface area contributed by atoms with Crippen molar-refractivity contribution in [2.24, 2.45) is 0 Å². The molecule has 1 heterocycles. The molecule has 2 N–H and O–H groups in total. The Kier molecular flexibility index (Phi) is 8.16. The Morgan fingerprint density at radius 3 is 2.78 bits per heavy atom. The second-order valence-corrected chi connectivity index (χ2v) is 4.03. The summed E-state index contributed by atoms with van der Waals surface area (Å²) in [5, 5.41) is 14.0. The summed E-state index contributed by atoms with van der Waals surface area (Å²) in [6.45, 7) is 8.11. The fraction of sp³-hybridized carbons (Fsp3) is 0.833. The summed E-state index contributed by atoms with van der Waals surface area (Å²) in [6.07, 6.45) is 3.24. The van der Waals surface area contributed by atoms with Crippen LogP contribution in [0.2, 0.25) is 0 Å². The van der Waals surface area contributed by atoms with E-state index in [2.05, 4.69) is 27.8 Å². The summed E-state index contributed by atoms with van der Waals surface area (Å²) in [7, 11) is 0. The standard InChI is InChI=1S/C12H24N4O2/c1-3-5-8-17-9-6-7-14-12-16-15-11(18-12)10-13-4-2/h13H,3-10H2,1-2H3,(H,14,16). The Hall–Kier alpha value is -1.14. The van der Waals surface area contributed by atoms with Gasteiger partial charge in [-0.1, -0.05) is 25.4 Å². The Bertz CT molecular complexity index is 304. The SMILES string of the molecule is CCCCOCCCNc1nnc(CNCC)o1. The van der Waals surface area contributed by atoms with Crippen molar-refractivity contribution in [2.75, 3.05) is 31.6 Å². The van der Waals surface area contributed by atoms with Crippen molar-refractivity contribution in [1.82, 2.24) is 15.5 Å². The van der Waals surface area contributed by atoms with Crippen LogP contribution in [0, 0.1) is 0 Å². The number of hydrogen-bond donors (Lipinski definition) is 2. The fourth-order valence-electron chi connectivity index (χ4n) is 1.35. The van der Waals surface area contributed by atoms with Gasteiger partial charge in [-0.25, -0.2) is 0 Å². The van der Waals surface area contributed by atoms with Crippen LogP contribution in [0.15, 0.2) is 4.42 Å². The van der Waals surface area contributed by atoms with E-state index in [4.69, 9.17) is 9.15 Å². The van der Waals surface area contributed by atoms with Gasteiger partial charge in [-0.3, -0.25) is 0 Å². The van der Waals surface area contributed by atoms with E-state index in [1.54, 1.807) is 0 Å². The molecule has 0 saturated heterocycles. The van der Waals surface area contributed by atoms with E-state index in [1.807, 2.05) is 6.92 Å².